The van der Waals surface area contributed by atoms with Crippen molar-refractivity contribution in [3.05, 3.63) is 77.0 Å². The van der Waals surface area contributed by atoms with Crippen LogP contribution < -0.4 is 4.90 Å². The van der Waals surface area contributed by atoms with Gasteiger partial charge in [-0.25, -0.2) is 9.37 Å². The first-order valence-corrected chi connectivity index (χ1v) is 8.04. The van der Waals surface area contributed by atoms with Gasteiger partial charge in [-0.05, 0) is 30.3 Å². The largest absolute Gasteiger partial charge is 0.445 e. The minimum Gasteiger partial charge on any atom is -0.445 e. The number of hydrogen-bond donors (Lipinski definition) is 0. The van der Waals surface area contributed by atoms with Crippen molar-refractivity contribution in [1.82, 2.24) is 9.97 Å². The SMILES string of the molecule is N#Cc1cc(F)cc(N2CCc3oc(Cc4ccccn4)nc3C2)c1. The van der Waals surface area contributed by atoms with Crippen LogP contribution in [0.4, 0.5) is 10.1 Å². The van der Waals surface area contributed by atoms with Gasteiger partial charge in [0.1, 0.15) is 17.3 Å². The first-order valence-electron chi connectivity index (χ1n) is 8.04. The van der Waals surface area contributed by atoms with E-state index in [-0.39, 0.29) is 0 Å². The predicted octanol–water partition coefficient (Wildman–Crippen LogP) is 3.23. The Balaban J connectivity index is 1.56. The van der Waals surface area contributed by atoms with Crippen LogP contribution >= 0.6 is 0 Å². The van der Waals surface area contributed by atoms with Crippen LogP contribution in [-0.4, -0.2) is 16.5 Å². The minimum atomic E-state index is -0.407. The standard InChI is InChI=1S/C19H15FN4O/c20-14-7-13(11-21)8-16(9-14)24-6-4-18-17(12-24)23-19(25-18)10-15-3-1-2-5-22-15/h1-3,5,7-9H,4,6,10,12H2. The second-order valence-corrected chi connectivity index (χ2v) is 5.96. The molecule has 5 nitrogen and oxygen atoms in total. The van der Waals surface area contributed by atoms with Gasteiger partial charge < -0.3 is 9.32 Å². The van der Waals surface area contributed by atoms with Crippen molar-refractivity contribution >= 4 is 5.69 Å². The summed E-state index contributed by atoms with van der Waals surface area (Å²) >= 11 is 0. The highest BCUT2D eigenvalue weighted by atomic mass is 19.1. The summed E-state index contributed by atoms with van der Waals surface area (Å²) in [6.07, 6.45) is 2.99. The Morgan fingerprint density at radius 3 is 3.00 bits per heavy atom. The number of fused-ring (bicyclic) bond motifs is 1. The fourth-order valence-electron chi connectivity index (χ4n) is 3.03. The van der Waals surface area contributed by atoms with Crippen molar-refractivity contribution in [2.45, 2.75) is 19.4 Å². The fourth-order valence-corrected chi connectivity index (χ4v) is 3.03. The lowest BCUT2D eigenvalue weighted by atomic mass is 10.1. The molecule has 1 aliphatic rings. The van der Waals surface area contributed by atoms with Crippen molar-refractivity contribution in [2.24, 2.45) is 0 Å². The first-order chi connectivity index (χ1) is 12.2. The number of anilines is 1. The summed E-state index contributed by atoms with van der Waals surface area (Å²) in [6.45, 7) is 1.23. The molecule has 0 unspecified atom stereocenters. The third-order valence-corrected chi connectivity index (χ3v) is 4.21. The third kappa shape index (κ3) is 3.22. The van der Waals surface area contributed by atoms with E-state index in [0.717, 1.165) is 17.1 Å². The van der Waals surface area contributed by atoms with Crippen LogP contribution in [0.5, 0.6) is 0 Å². The number of hydrogen-bond acceptors (Lipinski definition) is 5. The van der Waals surface area contributed by atoms with Crippen LogP contribution in [0.25, 0.3) is 0 Å². The van der Waals surface area contributed by atoms with Gasteiger partial charge in [0.15, 0.2) is 0 Å². The smallest absolute Gasteiger partial charge is 0.200 e. The Hall–Kier alpha value is -3.20. The average Bonchev–Trinajstić information content (AvgIpc) is 3.03. The van der Waals surface area contributed by atoms with Gasteiger partial charge in [-0.2, -0.15) is 5.26 Å². The molecule has 4 rings (SSSR count). The zero-order chi connectivity index (χ0) is 17.2. The van der Waals surface area contributed by atoms with E-state index >= 15 is 0 Å². The van der Waals surface area contributed by atoms with E-state index in [1.54, 1.807) is 12.3 Å². The molecule has 0 fully saturated rings. The monoisotopic (exact) mass is 334 g/mol. The van der Waals surface area contributed by atoms with E-state index in [0.29, 0.717) is 43.1 Å². The van der Waals surface area contributed by atoms with Crippen LogP contribution in [0.1, 0.15) is 28.6 Å². The molecule has 0 saturated heterocycles. The quantitative estimate of drug-likeness (QED) is 0.736. The molecule has 3 aromatic rings. The van der Waals surface area contributed by atoms with Gasteiger partial charge in [-0.1, -0.05) is 6.07 Å². The molecule has 0 bridgehead atoms. The van der Waals surface area contributed by atoms with Crippen molar-refractivity contribution in [1.29, 1.82) is 5.26 Å². The summed E-state index contributed by atoms with van der Waals surface area (Å²) in [5.74, 6) is 1.11. The maximum absolute atomic E-state index is 13.7. The highest BCUT2D eigenvalue weighted by Crippen LogP contribution is 2.26. The Morgan fingerprint density at radius 2 is 2.20 bits per heavy atom. The Kier molecular flexibility index (Phi) is 3.90. The van der Waals surface area contributed by atoms with Crippen LogP contribution in [0.2, 0.25) is 0 Å². The molecule has 0 aliphatic carbocycles. The molecular weight excluding hydrogens is 319 g/mol. The molecule has 0 saturated carbocycles. The van der Waals surface area contributed by atoms with Gasteiger partial charge in [0.05, 0.1) is 24.6 Å². The molecular formula is C19H15FN4O. The van der Waals surface area contributed by atoms with Crippen molar-refractivity contribution < 1.29 is 8.81 Å². The molecule has 0 spiro atoms. The molecule has 3 heterocycles. The Labute approximate surface area is 144 Å². The van der Waals surface area contributed by atoms with Gasteiger partial charge >= 0.3 is 0 Å². The molecule has 0 radical (unpaired) electrons. The zero-order valence-electron chi connectivity index (χ0n) is 13.4. The van der Waals surface area contributed by atoms with Crippen LogP contribution in [0, 0.1) is 17.1 Å². The molecule has 6 heteroatoms. The number of pyridine rings is 1. The van der Waals surface area contributed by atoms with E-state index in [1.165, 1.54) is 12.1 Å². The second kappa shape index (κ2) is 6.36. The molecule has 124 valence electrons. The van der Waals surface area contributed by atoms with Crippen LogP contribution in [-0.2, 0) is 19.4 Å². The summed E-state index contributed by atoms with van der Waals surface area (Å²) in [5.41, 5.74) is 2.77. The predicted molar refractivity (Wildman–Crippen MR) is 89.4 cm³/mol. The highest BCUT2D eigenvalue weighted by Gasteiger charge is 2.23. The van der Waals surface area contributed by atoms with Crippen LogP contribution in [0.3, 0.4) is 0 Å². The van der Waals surface area contributed by atoms with Gasteiger partial charge in [-0.3, -0.25) is 4.98 Å². The number of nitrogens with zero attached hydrogens (tertiary/aromatic N) is 4. The number of rotatable bonds is 3. The summed E-state index contributed by atoms with van der Waals surface area (Å²) in [5, 5.41) is 9.02. The normalized spacial score (nSPS) is 13.4. The first kappa shape index (κ1) is 15.3. The number of halogens is 1. The molecule has 1 aromatic carbocycles. The maximum Gasteiger partial charge on any atom is 0.200 e. The van der Waals surface area contributed by atoms with Crippen molar-refractivity contribution in [3.63, 3.8) is 0 Å². The van der Waals surface area contributed by atoms with E-state index in [2.05, 4.69) is 9.97 Å². The summed E-state index contributed by atoms with van der Waals surface area (Å²) in [6, 6.07) is 12.1. The fraction of sp³-hybridized carbons (Fsp3) is 0.211. The number of aromatic nitrogens is 2. The van der Waals surface area contributed by atoms with Crippen molar-refractivity contribution in [2.75, 3.05) is 11.4 Å². The third-order valence-electron chi connectivity index (χ3n) is 4.21. The Bertz CT molecular complexity index is 946. The topological polar surface area (TPSA) is 66.0 Å². The molecule has 0 N–H and O–H groups in total. The maximum atomic E-state index is 13.7. The number of nitriles is 1. The van der Waals surface area contributed by atoms with E-state index < -0.39 is 5.82 Å². The molecule has 25 heavy (non-hydrogen) atoms. The molecule has 0 amide bonds. The zero-order valence-corrected chi connectivity index (χ0v) is 13.4. The van der Waals surface area contributed by atoms with Gasteiger partial charge in [0, 0.05) is 30.5 Å². The lowest BCUT2D eigenvalue weighted by molar-refractivity contribution is 0.453. The Morgan fingerprint density at radius 1 is 1.28 bits per heavy atom. The molecule has 0 atom stereocenters. The summed E-state index contributed by atoms with van der Waals surface area (Å²) < 4.78 is 19.6. The van der Waals surface area contributed by atoms with Gasteiger partial charge in [0.25, 0.3) is 0 Å². The van der Waals surface area contributed by atoms with E-state index in [9.17, 15) is 4.39 Å². The molecule has 1 aliphatic heterocycles. The van der Waals surface area contributed by atoms with Gasteiger partial charge in [-0.15, -0.1) is 0 Å². The summed E-state index contributed by atoms with van der Waals surface area (Å²) in [7, 11) is 0. The van der Waals surface area contributed by atoms with Crippen LogP contribution in [0.15, 0.2) is 47.0 Å². The lowest BCUT2D eigenvalue weighted by Gasteiger charge is -2.27. The number of benzene rings is 1. The van der Waals surface area contributed by atoms with E-state index in [4.69, 9.17) is 9.68 Å². The average molecular weight is 334 g/mol. The summed E-state index contributed by atoms with van der Waals surface area (Å²) in [4.78, 5) is 10.9. The molecule has 2 aromatic heterocycles. The number of oxazole rings is 1. The van der Waals surface area contributed by atoms with E-state index in [1.807, 2.05) is 29.2 Å². The lowest BCUT2D eigenvalue weighted by Crippen LogP contribution is -2.30. The van der Waals surface area contributed by atoms with Crippen molar-refractivity contribution in [3.8, 4) is 6.07 Å². The second-order valence-electron chi connectivity index (χ2n) is 5.96. The van der Waals surface area contributed by atoms with Gasteiger partial charge in [0.2, 0.25) is 5.89 Å². The minimum absolute atomic E-state index is 0.316. The highest BCUT2D eigenvalue weighted by molar-refractivity contribution is 5.53.